The number of hydrogen-bond donors (Lipinski definition) is 3. The lowest BCUT2D eigenvalue weighted by atomic mass is 10.0. The van der Waals surface area contributed by atoms with Gasteiger partial charge in [-0.3, -0.25) is 23.9 Å². The summed E-state index contributed by atoms with van der Waals surface area (Å²) >= 11 is 0. The Morgan fingerprint density at radius 3 is 2.58 bits per heavy atom. The van der Waals surface area contributed by atoms with E-state index in [4.69, 9.17) is 4.74 Å². The number of likely N-dealkylation sites (N-methyl/N-ethyl adjacent to an activating group) is 1. The number of nitrogens with zero attached hydrogens (tertiary/aromatic N) is 3. The van der Waals surface area contributed by atoms with E-state index >= 15 is 0 Å². The predicted octanol–water partition coefficient (Wildman–Crippen LogP) is 1.59. The molecule has 3 N–H and O–H groups in total. The van der Waals surface area contributed by atoms with Crippen LogP contribution in [0.25, 0.3) is 0 Å². The van der Waals surface area contributed by atoms with Crippen molar-refractivity contribution in [3.05, 3.63) is 47.8 Å². The Labute approximate surface area is 229 Å². The van der Waals surface area contributed by atoms with Gasteiger partial charge in [0.1, 0.15) is 24.4 Å². The maximum atomic E-state index is 13.1. The average Bonchev–Trinajstić information content (AvgIpc) is 3.38. The second-order valence-electron chi connectivity index (χ2n) is 9.73. The summed E-state index contributed by atoms with van der Waals surface area (Å²) in [6.07, 6.45) is -3.57. The number of alkyl halides is 3. The number of ether oxygens (including phenoxy) is 1. The smallest absolute Gasteiger partial charge is 0.435 e. The number of hydrogen-bond acceptors (Lipinski definition) is 6. The highest BCUT2D eigenvalue weighted by atomic mass is 19.4. The third-order valence-electron chi connectivity index (χ3n) is 6.25. The molecule has 0 saturated carbocycles. The average molecular weight is 567 g/mol. The lowest BCUT2D eigenvalue weighted by Crippen LogP contribution is -2.54. The quantitative estimate of drug-likeness (QED) is 0.455. The van der Waals surface area contributed by atoms with Crippen molar-refractivity contribution in [3.63, 3.8) is 0 Å². The van der Waals surface area contributed by atoms with Gasteiger partial charge in [-0.2, -0.15) is 18.3 Å². The molecule has 3 rings (SSSR count). The van der Waals surface area contributed by atoms with E-state index in [1.54, 1.807) is 39.1 Å². The van der Waals surface area contributed by atoms with Crippen LogP contribution in [0, 0.1) is 5.92 Å². The summed E-state index contributed by atoms with van der Waals surface area (Å²) in [5, 5.41) is 11.3. The number of amides is 4. The van der Waals surface area contributed by atoms with Crippen molar-refractivity contribution in [2.24, 2.45) is 5.92 Å². The molecule has 0 unspecified atom stereocenters. The van der Waals surface area contributed by atoms with Gasteiger partial charge in [0.25, 0.3) is 5.91 Å². The Hall–Kier alpha value is -4.10. The number of aromatic nitrogens is 2. The van der Waals surface area contributed by atoms with Crippen LogP contribution in [0.3, 0.4) is 0 Å². The molecule has 40 heavy (non-hydrogen) atoms. The van der Waals surface area contributed by atoms with Crippen LogP contribution in [0.5, 0.6) is 5.75 Å². The number of benzene rings is 1. The van der Waals surface area contributed by atoms with Gasteiger partial charge in [0.05, 0.1) is 18.5 Å². The van der Waals surface area contributed by atoms with Crippen LogP contribution in [0.2, 0.25) is 0 Å². The normalized spacial score (nSPS) is 19.3. The molecule has 0 saturated heterocycles. The highest BCUT2D eigenvalue weighted by Crippen LogP contribution is 2.27. The number of para-hydroxylation sites is 1. The zero-order valence-electron chi connectivity index (χ0n) is 22.5. The van der Waals surface area contributed by atoms with Crippen LogP contribution in [-0.4, -0.2) is 77.1 Å². The number of rotatable bonds is 6. The number of halogens is 3. The molecule has 0 fully saturated rings. The molecular formula is C26H33F3N6O5. The Kier molecular flexibility index (Phi) is 10.1. The first-order valence-electron chi connectivity index (χ1n) is 12.8. The summed E-state index contributed by atoms with van der Waals surface area (Å²) < 4.78 is 45.1. The van der Waals surface area contributed by atoms with Gasteiger partial charge in [0.2, 0.25) is 17.7 Å². The fourth-order valence-corrected chi connectivity index (χ4v) is 4.01. The van der Waals surface area contributed by atoms with Crippen molar-refractivity contribution in [2.45, 2.75) is 51.5 Å². The summed E-state index contributed by atoms with van der Waals surface area (Å²) in [6, 6.07) is 5.09. The van der Waals surface area contributed by atoms with Crippen molar-refractivity contribution in [1.82, 2.24) is 30.6 Å². The third kappa shape index (κ3) is 8.20. The van der Waals surface area contributed by atoms with Gasteiger partial charge in [0.15, 0.2) is 5.69 Å². The van der Waals surface area contributed by atoms with Gasteiger partial charge in [0, 0.05) is 26.3 Å². The minimum absolute atomic E-state index is 0.0473. The van der Waals surface area contributed by atoms with E-state index in [0.717, 1.165) is 10.7 Å². The molecule has 0 radical (unpaired) electrons. The van der Waals surface area contributed by atoms with Crippen molar-refractivity contribution >= 4 is 23.6 Å². The number of carbonyl (C=O) groups excluding carboxylic acids is 4. The van der Waals surface area contributed by atoms with Crippen LogP contribution < -0.4 is 20.7 Å². The maximum Gasteiger partial charge on any atom is 0.435 e. The van der Waals surface area contributed by atoms with Gasteiger partial charge in [-0.05, 0) is 30.5 Å². The van der Waals surface area contributed by atoms with Crippen LogP contribution >= 0.6 is 0 Å². The van der Waals surface area contributed by atoms with Crippen molar-refractivity contribution in [1.29, 1.82) is 0 Å². The third-order valence-corrected chi connectivity index (χ3v) is 6.25. The van der Waals surface area contributed by atoms with Crippen molar-refractivity contribution < 1.29 is 37.1 Å². The van der Waals surface area contributed by atoms with Gasteiger partial charge < -0.3 is 25.6 Å². The van der Waals surface area contributed by atoms with Crippen molar-refractivity contribution in [3.8, 4) is 5.75 Å². The fourth-order valence-electron chi connectivity index (χ4n) is 4.01. The van der Waals surface area contributed by atoms with Gasteiger partial charge in [-0.25, -0.2) is 0 Å². The molecule has 11 nitrogen and oxygen atoms in total. The summed E-state index contributed by atoms with van der Waals surface area (Å²) in [5.74, 6) is -2.25. The molecule has 1 aromatic heterocycles. The molecule has 1 aromatic carbocycles. The lowest BCUT2D eigenvalue weighted by molar-refractivity contribution is -0.141. The molecule has 0 spiro atoms. The minimum Gasteiger partial charge on any atom is -0.491 e. The fraction of sp³-hybridized carbons (Fsp3) is 0.500. The Morgan fingerprint density at radius 2 is 1.90 bits per heavy atom. The summed E-state index contributed by atoms with van der Waals surface area (Å²) in [7, 11) is 1.58. The van der Waals surface area contributed by atoms with Crippen molar-refractivity contribution in [2.75, 3.05) is 26.7 Å². The molecule has 1 aliphatic heterocycles. The van der Waals surface area contributed by atoms with Gasteiger partial charge >= 0.3 is 6.18 Å². The molecule has 0 aliphatic carbocycles. The maximum absolute atomic E-state index is 13.1. The molecule has 0 bridgehead atoms. The Bertz CT molecular complexity index is 1220. The molecule has 2 aromatic rings. The van der Waals surface area contributed by atoms with E-state index in [9.17, 15) is 32.3 Å². The summed E-state index contributed by atoms with van der Waals surface area (Å²) in [6.45, 7) is 4.01. The molecule has 2 heterocycles. The van der Waals surface area contributed by atoms with E-state index in [2.05, 4.69) is 21.0 Å². The second kappa shape index (κ2) is 13.3. The first kappa shape index (κ1) is 30.4. The first-order chi connectivity index (χ1) is 18.9. The van der Waals surface area contributed by atoms with Crippen LogP contribution in [0.15, 0.2) is 36.5 Å². The monoisotopic (exact) mass is 566 g/mol. The number of fused-ring (bicyclic) bond motifs is 1. The molecule has 2 atom stereocenters. The van der Waals surface area contributed by atoms with E-state index in [0.29, 0.717) is 0 Å². The summed E-state index contributed by atoms with van der Waals surface area (Å²) in [5.41, 5.74) is -0.871. The minimum atomic E-state index is -4.55. The Morgan fingerprint density at radius 1 is 1.18 bits per heavy atom. The zero-order chi connectivity index (χ0) is 29.4. The van der Waals surface area contributed by atoms with Crippen LogP contribution in [-0.2, 0) is 27.1 Å². The topological polar surface area (TPSA) is 135 Å². The van der Waals surface area contributed by atoms with E-state index in [1.807, 2.05) is 0 Å². The van der Waals surface area contributed by atoms with E-state index in [-0.39, 0.29) is 55.8 Å². The number of aryl methyl sites for hydroxylation is 1. The molecular weight excluding hydrogens is 533 g/mol. The highest BCUT2D eigenvalue weighted by Gasteiger charge is 2.34. The predicted molar refractivity (Wildman–Crippen MR) is 137 cm³/mol. The molecule has 218 valence electrons. The van der Waals surface area contributed by atoms with Crippen LogP contribution in [0.1, 0.15) is 42.7 Å². The molecule has 4 amide bonds. The number of carbonyl (C=O) groups is 4. The summed E-state index contributed by atoms with van der Waals surface area (Å²) in [4.78, 5) is 53.5. The van der Waals surface area contributed by atoms with Gasteiger partial charge in [-0.1, -0.05) is 26.0 Å². The van der Waals surface area contributed by atoms with Gasteiger partial charge in [-0.15, -0.1) is 0 Å². The largest absolute Gasteiger partial charge is 0.491 e. The molecule has 1 aliphatic rings. The lowest BCUT2D eigenvalue weighted by Gasteiger charge is -2.28. The standard InChI is InChI=1S/C26H33F3N6O5/c1-16(2)22-25(39)34(3)13-14-40-19-8-5-4-7-17(19)23(37)31-18(15-21(36)32-22)24(38)30-10-6-11-35-12-9-20(33-35)26(27,28)29/h4-5,7-9,12,16,18,22H,6,10-11,13-15H2,1-3H3,(H,30,38)(H,31,37)(H,32,36)/t18-,22-/m0/s1. The molecule has 14 heteroatoms. The second-order valence-corrected chi connectivity index (χ2v) is 9.73. The highest BCUT2D eigenvalue weighted by molar-refractivity contribution is 6.01. The Balaban J connectivity index is 1.74. The van der Waals surface area contributed by atoms with Crippen LogP contribution in [0.4, 0.5) is 13.2 Å². The number of nitrogens with one attached hydrogen (secondary N) is 3. The SMILES string of the molecule is CC(C)[C@@H]1NC(=O)C[C@@H](C(=O)NCCCn2ccc(C(F)(F)F)n2)NC(=O)c2ccccc2OCCN(C)C1=O. The zero-order valence-corrected chi connectivity index (χ0v) is 22.5. The van der Waals surface area contributed by atoms with E-state index < -0.39 is 48.1 Å². The first-order valence-corrected chi connectivity index (χ1v) is 12.8. The van der Waals surface area contributed by atoms with E-state index in [1.165, 1.54) is 17.2 Å².